The standard InChI is InChI=1S/C16H14N2OS/c17-16(18)13-6-1-3-7-14(13)19-9-11-10-20-15-8-4-2-5-12(11)15/h1-8,10H,9H2,(H3,17,18). The van der Waals surface area contributed by atoms with Crippen molar-refractivity contribution in [2.24, 2.45) is 5.73 Å². The molecule has 4 heteroatoms. The van der Waals surface area contributed by atoms with Gasteiger partial charge in [0.05, 0.1) is 5.56 Å². The number of hydrogen-bond acceptors (Lipinski definition) is 3. The molecule has 0 spiro atoms. The molecule has 0 unspecified atom stereocenters. The molecule has 2 aromatic carbocycles. The monoisotopic (exact) mass is 282 g/mol. The van der Waals surface area contributed by atoms with Crippen LogP contribution in [-0.4, -0.2) is 5.84 Å². The van der Waals surface area contributed by atoms with Crippen molar-refractivity contribution in [3.63, 3.8) is 0 Å². The fraction of sp³-hybridized carbons (Fsp3) is 0.0625. The number of hydrogen-bond donors (Lipinski definition) is 2. The summed E-state index contributed by atoms with van der Waals surface area (Å²) in [7, 11) is 0. The molecule has 0 aliphatic carbocycles. The molecule has 3 rings (SSSR count). The smallest absolute Gasteiger partial charge is 0.130 e. The van der Waals surface area contributed by atoms with Gasteiger partial charge in [-0.15, -0.1) is 11.3 Å². The van der Waals surface area contributed by atoms with E-state index in [0.717, 1.165) is 5.56 Å². The average Bonchev–Trinajstić information content (AvgIpc) is 2.88. The Labute approximate surface area is 121 Å². The number of rotatable bonds is 4. The van der Waals surface area contributed by atoms with E-state index in [9.17, 15) is 0 Å². The van der Waals surface area contributed by atoms with Crippen LogP contribution in [0.2, 0.25) is 0 Å². The maximum absolute atomic E-state index is 7.56. The number of para-hydroxylation sites is 1. The van der Waals surface area contributed by atoms with Gasteiger partial charge in [0.15, 0.2) is 0 Å². The first kappa shape index (κ1) is 12.7. The molecule has 1 aromatic heterocycles. The highest BCUT2D eigenvalue weighted by Gasteiger charge is 2.08. The van der Waals surface area contributed by atoms with E-state index in [1.54, 1.807) is 17.4 Å². The third kappa shape index (κ3) is 2.38. The Kier molecular flexibility index (Phi) is 3.39. The molecule has 0 aliphatic rings. The number of thiophene rings is 1. The first-order chi connectivity index (χ1) is 9.75. The lowest BCUT2D eigenvalue weighted by atomic mass is 10.1. The Balaban J connectivity index is 1.85. The summed E-state index contributed by atoms with van der Waals surface area (Å²) in [5.74, 6) is 0.672. The van der Waals surface area contributed by atoms with Gasteiger partial charge >= 0.3 is 0 Å². The molecule has 20 heavy (non-hydrogen) atoms. The molecule has 100 valence electrons. The van der Waals surface area contributed by atoms with E-state index >= 15 is 0 Å². The molecular formula is C16H14N2OS. The maximum atomic E-state index is 7.56. The van der Waals surface area contributed by atoms with Crippen molar-refractivity contribution >= 4 is 27.3 Å². The van der Waals surface area contributed by atoms with Crippen molar-refractivity contribution < 1.29 is 4.74 Å². The number of benzene rings is 2. The topological polar surface area (TPSA) is 59.1 Å². The summed E-state index contributed by atoms with van der Waals surface area (Å²) < 4.78 is 7.09. The molecule has 3 aromatic rings. The van der Waals surface area contributed by atoms with Gasteiger partial charge in [0.2, 0.25) is 0 Å². The predicted molar refractivity (Wildman–Crippen MR) is 83.6 cm³/mol. The molecule has 0 fully saturated rings. The minimum Gasteiger partial charge on any atom is -0.488 e. The fourth-order valence-corrected chi connectivity index (χ4v) is 3.06. The minimum absolute atomic E-state index is 0.0239. The van der Waals surface area contributed by atoms with Crippen LogP contribution in [0, 0.1) is 5.41 Å². The molecular weight excluding hydrogens is 268 g/mol. The first-order valence-corrected chi connectivity index (χ1v) is 7.15. The van der Waals surface area contributed by atoms with Gasteiger partial charge in [-0.2, -0.15) is 0 Å². The number of ether oxygens (including phenoxy) is 1. The molecule has 0 saturated heterocycles. The van der Waals surface area contributed by atoms with Gasteiger partial charge in [0, 0.05) is 10.3 Å². The van der Waals surface area contributed by atoms with Crippen molar-refractivity contribution in [3.8, 4) is 5.75 Å². The zero-order chi connectivity index (χ0) is 13.9. The lowest BCUT2D eigenvalue weighted by Crippen LogP contribution is -2.12. The fourth-order valence-electron chi connectivity index (χ4n) is 2.12. The van der Waals surface area contributed by atoms with Crippen LogP contribution in [-0.2, 0) is 6.61 Å². The second-order valence-corrected chi connectivity index (χ2v) is 5.37. The van der Waals surface area contributed by atoms with Crippen LogP contribution in [0.4, 0.5) is 0 Å². The van der Waals surface area contributed by atoms with Crippen LogP contribution < -0.4 is 10.5 Å². The Hall–Kier alpha value is -2.33. The number of nitrogen functional groups attached to an aromatic ring is 1. The Morgan fingerprint density at radius 2 is 1.85 bits per heavy atom. The third-order valence-electron chi connectivity index (χ3n) is 3.12. The summed E-state index contributed by atoms with van der Waals surface area (Å²) >= 11 is 1.71. The highest BCUT2D eigenvalue weighted by molar-refractivity contribution is 7.17. The van der Waals surface area contributed by atoms with Crippen molar-refractivity contribution in [2.45, 2.75) is 6.61 Å². The van der Waals surface area contributed by atoms with E-state index in [1.807, 2.05) is 30.3 Å². The van der Waals surface area contributed by atoms with E-state index in [2.05, 4.69) is 17.5 Å². The number of fused-ring (bicyclic) bond motifs is 1. The zero-order valence-electron chi connectivity index (χ0n) is 10.8. The summed E-state index contributed by atoms with van der Waals surface area (Å²) in [6, 6.07) is 15.6. The van der Waals surface area contributed by atoms with Crippen molar-refractivity contribution in [3.05, 3.63) is 65.0 Å². The van der Waals surface area contributed by atoms with E-state index in [0.29, 0.717) is 17.9 Å². The normalized spacial score (nSPS) is 10.6. The lowest BCUT2D eigenvalue weighted by molar-refractivity contribution is 0.307. The molecule has 0 saturated carbocycles. The second kappa shape index (κ2) is 5.35. The summed E-state index contributed by atoms with van der Waals surface area (Å²) in [6.07, 6.45) is 0. The van der Waals surface area contributed by atoms with Gasteiger partial charge in [-0.05, 0) is 29.0 Å². The molecule has 0 aliphatic heterocycles. The van der Waals surface area contributed by atoms with Gasteiger partial charge in [-0.3, -0.25) is 5.41 Å². The zero-order valence-corrected chi connectivity index (χ0v) is 11.6. The Bertz CT molecular complexity index is 764. The largest absolute Gasteiger partial charge is 0.488 e. The van der Waals surface area contributed by atoms with Crippen LogP contribution >= 0.6 is 11.3 Å². The van der Waals surface area contributed by atoms with Gasteiger partial charge in [0.25, 0.3) is 0 Å². The second-order valence-electron chi connectivity index (χ2n) is 4.46. The summed E-state index contributed by atoms with van der Waals surface area (Å²) in [6.45, 7) is 0.480. The van der Waals surface area contributed by atoms with E-state index < -0.39 is 0 Å². The first-order valence-electron chi connectivity index (χ1n) is 6.27. The molecule has 0 bridgehead atoms. The van der Waals surface area contributed by atoms with Crippen molar-refractivity contribution in [1.82, 2.24) is 0 Å². The van der Waals surface area contributed by atoms with Crippen LogP contribution in [0.3, 0.4) is 0 Å². The highest BCUT2D eigenvalue weighted by Crippen LogP contribution is 2.27. The van der Waals surface area contributed by atoms with Crippen LogP contribution in [0.5, 0.6) is 5.75 Å². The van der Waals surface area contributed by atoms with Gasteiger partial charge in [-0.1, -0.05) is 30.3 Å². The van der Waals surface area contributed by atoms with E-state index in [1.165, 1.54) is 10.1 Å². The molecule has 0 radical (unpaired) electrons. The van der Waals surface area contributed by atoms with Crippen molar-refractivity contribution in [2.75, 3.05) is 0 Å². The lowest BCUT2D eigenvalue weighted by Gasteiger charge is -2.10. The van der Waals surface area contributed by atoms with Crippen LogP contribution in [0.15, 0.2) is 53.9 Å². The summed E-state index contributed by atoms with van der Waals surface area (Å²) in [5, 5.41) is 10.9. The van der Waals surface area contributed by atoms with Gasteiger partial charge in [0.1, 0.15) is 18.2 Å². The summed E-state index contributed by atoms with van der Waals surface area (Å²) in [5.41, 5.74) is 7.35. The highest BCUT2D eigenvalue weighted by atomic mass is 32.1. The quantitative estimate of drug-likeness (QED) is 0.565. The number of nitrogens with one attached hydrogen (secondary N) is 1. The molecule has 0 atom stereocenters. The van der Waals surface area contributed by atoms with Crippen LogP contribution in [0.25, 0.3) is 10.1 Å². The van der Waals surface area contributed by atoms with Crippen LogP contribution in [0.1, 0.15) is 11.1 Å². The van der Waals surface area contributed by atoms with Gasteiger partial charge in [-0.25, -0.2) is 0 Å². The minimum atomic E-state index is 0.0239. The SMILES string of the molecule is N=C(N)c1ccccc1OCc1csc2ccccc12. The Morgan fingerprint density at radius 3 is 2.70 bits per heavy atom. The molecule has 3 nitrogen and oxygen atoms in total. The molecule has 1 heterocycles. The Morgan fingerprint density at radius 1 is 1.10 bits per heavy atom. The van der Waals surface area contributed by atoms with E-state index in [4.69, 9.17) is 15.9 Å². The molecule has 0 amide bonds. The third-order valence-corrected chi connectivity index (χ3v) is 4.13. The van der Waals surface area contributed by atoms with Crippen molar-refractivity contribution in [1.29, 1.82) is 5.41 Å². The molecule has 3 N–H and O–H groups in total. The summed E-state index contributed by atoms with van der Waals surface area (Å²) in [4.78, 5) is 0. The van der Waals surface area contributed by atoms with E-state index in [-0.39, 0.29) is 5.84 Å². The predicted octanol–water partition coefficient (Wildman–Crippen LogP) is 3.76. The van der Waals surface area contributed by atoms with Gasteiger partial charge < -0.3 is 10.5 Å². The maximum Gasteiger partial charge on any atom is 0.130 e. The number of amidine groups is 1. The average molecular weight is 282 g/mol. The number of nitrogens with two attached hydrogens (primary N) is 1.